The molecule has 0 aromatic carbocycles. The second kappa shape index (κ2) is 14.3. The van der Waals surface area contributed by atoms with E-state index in [0.29, 0.717) is 0 Å². The normalized spacial score (nSPS) is 20.4. The second-order valence-corrected chi connectivity index (χ2v) is 5.65. The molecule has 0 aromatic heterocycles. The quantitative estimate of drug-likeness (QED) is 0.797. The number of carbonyl (C=O) groups excluding carboxylic acids is 2. The van der Waals surface area contributed by atoms with E-state index >= 15 is 0 Å². The maximum absolute atomic E-state index is 12.2. The average Bonchev–Trinajstić information content (AvgIpc) is 3.03. The zero-order chi connectivity index (χ0) is 18.4. The van der Waals surface area contributed by atoms with Crippen molar-refractivity contribution >= 4 is 12.0 Å². The molecule has 23 heavy (non-hydrogen) atoms. The lowest BCUT2D eigenvalue weighted by molar-refractivity contribution is -0.124. The van der Waals surface area contributed by atoms with Crippen LogP contribution in [0.4, 0.5) is 4.79 Å². The first kappa shape index (κ1) is 24.0. The number of alkyl carbamates (subject to hydrolysis) is 1. The van der Waals surface area contributed by atoms with Crippen LogP contribution in [0.5, 0.6) is 0 Å². The van der Waals surface area contributed by atoms with Crippen LogP contribution in [-0.2, 0) is 9.53 Å². The monoisotopic (exact) mass is 330 g/mol. The first-order chi connectivity index (χ1) is 11.0. The predicted molar refractivity (Wildman–Crippen MR) is 96.4 cm³/mol. The zero-order valence-corrected chi connectivity index (χ0v) is 16.4. The summed E-state index contributed by atoms with van der Waals surface area (Å²) in [5.74, 6) is 0.640. The number of nitrogens with one attached hydrogen (secondary N) is 2. The molecule has 0 radical (unpaired) electrons. The third-order valence-corrected chi connectivity index (χ3v) is 3.87. The Balaban J connectivity index is 0. The summed E-state index contributed by atoms with van der Waals surface area (Å²) in [5, 5.41) is 5.64. The van der Waals surface area contributed by atoms with Crippen molar-refractivity contribution in [3.05, 3.63) is 0 Å². The number of amides is 2. The van der Waals surface area contributed by atoms with Gasteiger partial charge in [0, 0.05) is 6.04 Å². The lowest BCUT2D eigenvalue weighted by Gasteiger charge is -2.23. The number of carbonyl (C=O) groups is 2. The van der Waals surface area contributed by atoms with Crippen LogP contribution in [0, 0.1) is 11.8 Å². The molecule has 0 saturated heterocycles. The molecule has 0 heterocycles. The minimum atomic E-state index is -0.563. The van der Waals surface area contributed by atoms with Crippen molar-refractivity contribution in [2.24, 2.45) is 11.8 Å². The lowest BCUT2D eigenvalue weighted by Crippen LogP contribution is -2.51. The summed E-state index contributed by atoms with van der Waals surface area (Å²) >= 11 is 0. The average molecular weight is 331 g/mol. The van der Waals surface area contributed by atoms with Crippen molar-refractivity contribution in [2.75, 3.05) is 7.11 Å². The molecule has 3 atom stereocenters. The van der Waals surface area contributed by atoms with Gasteiger partial charge in [-0.05, 0) is 31.1 Å². The Morgan fingerprint density at radius 3 is 2.09 bits per heavy atom. The standard InChI is InChI=1S/C14H26N2O3.2C2H6/c1-5-10-6-7-11(8-10)15-13(17)12(9(2)3)16-14(18)19-4;2*1-2/h9-12H,5-8H2,1-4H3,(H,15,17)(H,16,18);2*1-2H3. The van der Waals surface area contributed by atoms with Crippen molar-refractivity contribution in [3.63, 3.8) is 0 Å². The molecule has 0 aliphatic heterocycles. The summed E-state index contributed by atoms with van der Waals surface area (Å²) in [6.45, 7) is 14.0. The van der Waals surface area contributed by atoms with Crippen molar-refractivity contribution < 1.29 is 14.3 Å². The Bertz CT molecular complexity index is 319. The van der Waals surface area contributed by atoms with Crippen LogP contribution in [0.3, 0.4) is 0 Å². The Morgan fingerprint density at radius 2 is 1.70 bits per heavy atom. The number of hydrogen-bond acceptors (Lipinski definition) is 3. The van der Waals surface area contributed by atoms with Gasteiger partial charge in [-0.2, -0.15) is 0 Å². The summed E-state index contributed by atoms with van der Waals surface area (Å²) < 4.78 is 4.56. The Hall–Kier alpha value is -1.26. The molecular weight excluding hydrogens is 292 g/mol. The highest BCUT2D eigenvalue weighted by Gasteiger charge is 2.29. The molecule has 2 N–H and O–H groups in total. The van der Waals surface area contributed by atoms with E-state index in [1.54, 1.807) is 0 Å². The van der Waals surface area contributed by atoms with Crippen molar-refractivity contribution in [3.8, 4) is 0 Å². The summed E-state index contributed by atoms with van der Waals surface area (Å²) in [6.07, 6.45) is 3.86. The molecule has 1 fully saturated rings. The third kappa shape index (κ3) is 9.47. The van der Waals surface area contributed by atoms with E-state index in [0.717, 1.165) is 18.8 Å². The molecule has 0 spiro atoms. The molecule has 0 bridgehead atoms. The summed E-state index contributed by atoms with van der Waals surface area (Å²) in [4.78, 5) is 23.5. The van der Waals surface area contributed by atoms with Crippen molar-refractivity contribution in [2.45, 2.75) is 86.2 Å². The fraction of sp³-hybridized carbons (Fsp3) is 0.889. The summed E-state index contributed by atoms with van der Waals surface area (Å²) in [7, 11) is 1.30. The number of ether oxygens (including phenoxy) is 1. The van der Waals surface area contributed by atoms with Crippen molar-refractivity contribution in [1.82, 2.24) is 10.6 Å². The smallest absolute Gasteiger partial charge is 0.407 e. The molecule has 1 aliphatic rings. The van der Waals surface area contributed by atoms with Gasteiger partial charge >= 0.3 is 6.09 Å². The van der Waals surface area contributed by atoms with E-state index in [1.165, 1.54) is 20.0 Å². The highest BCUT2D eigenvalue weighted by molar-refractivity contribution is 5.86. The summed E-state index contributed by atoms with van der Waals surface area (Å²) in [6, 6.07) is -0.286. The van der Waals surface area contributed by atoms with Gasteiger partial charge in [0.05, 0.1) is 7.11 Å². The van der Waals surface area contributed by atoms with E-state index in [-0.39, 0.29) is 17.9 Å². The minimum absolute atomic E-state index is 0.0301. The van der Waals surface area contributed by atoms with E-state index in [1.807, 2.05) is 41.5 Å². The Morgan fingerprint density at radius 1 is 1.13 bits per heavy atom. The van der Waals surface area contributed by atoms with E-state index in [2.05, 4.69) is 22.3 Å². The molecule has 5 heteroatoms. The molecule has 1 saturated carbocycles. The molecule has 3 unspecified atom stereocenters. The fourth-order valence-electron chi connectivity index (χ4n) is 2.59. The molecule has 1 aliphatic carbocycles. The molecule has 0 aromatic rings. The van der Waals surface area contributed by atoms with Crippen LogP contribution in [-0.4, -0.2) is 31.2 Å². The first-order valence-electron chi connectivity index (χ1n) is 9.12. The Labute approximate surface area is 142 Å². The van der Waals surface area contributed by atoms with Crippen LogP contribution in [0.2, 0.25) is 0 Å². The van der Waals surface area contributed by atoms with Crippen molar-refractivity contribution in [1.29, 1.82) is 0 Å². The molecule has 5 nitrogen and oxygen atoms in total. The van der Waals surface area contributed by atoms with Crippen LogP contribution >= 0.6 is 0 Å². The maximum atomic E-state index is 12.2. The van der Waals surface area contributed by atoms with Crippen LogP contribution in [0.15, 0.2) is 0 Å². The van der Waals surface area contributed by atoms with Gasteiger partial charge in [0.15, 0.2) is 0 Å². The van der Waals surface area contributed by atoms with E-state index < -0.39 is 12.1 Å². The van der Waals surface area contributed by atoms with Gasteiger partial charge in [0.2, 0.25) is 5.91 Å². The fourth-order valence-corrected chi connectivity index (χ4v) is 2.59. The highest BCUT2D eigenvalue weighted by atomic mass is 16.5. The predicted octanol–water partition coefficient (Wildman–Crippen LogP) is 4.11. The summed E-state index contributed by atoms with van der Waals surface area (Å²) in [5.41, 5.74) is 0. The first-order valence-corrected chi connectivity index (χ1v) is 9.12. The number of rotatable bonds is 5. The second-order valence-electron chi connectivity index (χ2n) is 5.65. The Kier molecular flexibility index (Phi) is 15.0. The van der Waals surface area contributed by atoms with Gasteiger partial charge in [-0.1, -0.05) is 54.9 Å². The van der Waals surface area contributed by atoms with E-state index in [9.17, 15) is 9.59 Å². The van der Waals surface area contributed by atoms with Gasteiger partial charge < -0.3 is 15.4 Å². The molecular formula is C18H38N2O3. The molecule has 1 rings (SSSR count). The number of hydrogen-bond donors (Lipinski definition) is 2. The van der Waals surface area contributed by atoms with Gasteiger partial charge in [-0.3, -0.25) is 4.79 Å². The zero-order valence-electron chi connectivity index (χ0n) is 16.4. The van der Waals surface area contributed by atoms with Crippen LogP contribution < -0.4 is 10.6 Å². The topological polar surface area (TPSA) is 67.4 Å². The minimum Gasteiger partial charge on any atom is -0.453 e. The third-order valence-electron chi connectivity index (χ3n) is 3.87. The van der Waals surface area contributed by atoms with Gasteiger partial charge in [0.1, 0.15) is 6.04 Å². The van der Waals surface area contributed by atoms with E-state index in [4.69, 9.17) is 0 Å². The highest BCUT2D eigenvalue weighted by Crippen LogP contribution is 2.27. The van der Waals surface area contributed by atoms with Crippen LogP contribution in [0.1, 0.15) is 74.1 Å². The van der Waals surface area contributed by atoms with Crippen LogP contribution in [0.25, 0.3) is 0 Å². The maximum Gasteiger partial charge on any atom is 0.407 e. The lowest BCUT2D eigenvalue weighted by atomic mass is 10.0. The molecule has 2 amide bonds. The number of methoxy groups -OCH3 is 1. The SMILES string of the molecule is CC.CC.CCC1CCC(NC(=O)C(NC(=O)OC)C(C)C)C1. The van der Waals surface area contributed by atoms with Gasteiger partial charge in [-0.25, -0.2) is 4.79 Å². The molecule has 138 valence electrons. The van der Waals surface area contributed by atoms with Gasteiger partial charge in [-0.15, -0.1) is 0 Å². The largest absolute Gasteiger partial charge is 0.453 e. The van der Waals surface area contributed by atoms with Gasteiger partial charge in [0.25, 0.3) is 0 Å².